The Morgan fingerprint density at radius 3 is 0.971 bits per heavy atom. The standard InChI is InChI=1S/C13H12ClF3N2.C13H14ClF2N2.2C12H12ClF2N3.3C12H13ClFN3.C11H12ClN3O/c1-8(2)11-5-10(14)3-4-12(11)19-7-9(6-18-19)13(15,16)17;1-8(2)12-5-10(14)3-4-11(12)9-6-17-18(7-9)13(15)16;1-7(2)11-10(4-3-9(13)12(11)15)18-6-8(5-14)16-17-18;1-7(2)9-5-8(13)3-4-11(9)18-6-10(12(14)15)16-17-18;2*1-7(2)11-10(5-4-9(13)12(11)14)17-6-8(3)15-16-17;1-8(2)11-5-9(13)3-4-12(11)17-7-10(6-14)15-16-17;1-7(2)9-5-8(12)3-4-10(9)15-6-11(16)13-14-15/h3-8H,1-2H3;3-9,13H,1-2H3;3-4,6-7H,5H2,1-2H3;3-7,12H,1-2H3;2*4-7H,1-3H3;3-5,7-8H,6H2,1-2H3;3-7,16H,1-2H3/q;+1;;;;;;. The van der Waals surface area contributed by atoms with Crippen molar-refractivity contribution in [3.8, 4) is 45.7 Å². The Hall–Kier alpha value is -11.6. The molecular weight excluding hydrogens is 2000 g/mol. The summed E-state index contributed by atoms with van der Waals surface area (Å²) in [6.07, 6.45) is 7.01. The molecule has 0 amide bonds. The third-order valence-electron chi connectivity index (χ3n) is 20.8. The van der Waals surface area contributed by atoms with Gasteiger partial charge >= 0.3 is 12.7 Å². The van der Waals surface area contributed by atoms with E-state index < -0.39 is 43.9 Å². The van der Waals surface area contributed by atoms with E-state index in [0.717, 1.165) is 68.5 Å². The second kappa shape index (κ2) is 50.7. The van der Waals surface area contributed by atoms with Gasteiger partial charge in [0.15, 0.2) is 6.21 Å². The van der Waals surface area contributed by atoms with Gasteiger partial charge in [-0.25, -0.2) is 63.5 Å². The van der Waals surface area contributed by atoms with Crippen LogP contribution in [0, 0.1) is 31.3 Å². The number of hydrazone groups is 1. The Morgan fingerprint density at radius 1 is 0.364 bits per heavy atom. The zero-order chi connectivity index (χ0) is 103. The number of rotatable bonds is 20. The minimum absolute atomic E-state index is 0.0215. The Balaban J connectivity index is 0.000000179. The molecule has 8 aromatic carbocycles. The molecule has 0 fully saturated rings. The first-order chi connectivity index (χ1) is 66.0. The summed E-state index contributed by atoms with van der Waals surface area (Å²) in [5, 5.41) is 65.5. The largest absolute Gasteiger partial charge is 0.491 e. The monoisotopic (exact) mass is 2100 g/mol. The van der Waals surface area contributed by atoms with Gasteiger partial charge in [-0.1, -0.05) is 246 Å². The normalized spacial score (nSPS) is 12.3. The molecule has 1 aliphatic heterocycles. The van der Waals surface area contributed by atoms with Gasteiger partial charge in [0.1, 0.15) is 53.8 Å². The van der Waals surface area contributed by atoms with E-state index in [4.69, 9.17) is 92.8 Å². The van der Waals surface area contributed by atoms with Crippen LogP contribution in [0.2, 0.25) is 40.2 Å². The molecule has 0 radical (unpaired) electrons. The number of aromatic nitrogens is 20. The van der Waals surface area contributed by atoms with E-state index in [0.29, 0.717) is 92.5 Å². The molecule has 1 N–H and O–H groups in total. The first-order valence-electron chi connectivity index (χ1n) is 43.6. The molecule has 0 aliphatic carbocycles. The van der Waals surface area contributed by atoms with Crippen molar-refractivity contribution < 1.29 is 62.5 Å². The van der Waals surface area contributed by atoms with Gasteiger partial charge < -0.3 is 5.11 Å². The molecule has 0 spiro atoms. The number of nitrogens with zero attached hydrogens (tertiary/aromatic N) is 22. The van der Waals surface area contributed by atoms with Crippen LogP contribution in [0.1, 0.15) is 255 Å². The van der Waals surface area contributed by atoms with Gasteiger partial charge in [-0.05, 0) is 226 Å². The average Bonchev–Trinajstić information content (AvgIpc) is 1.48. The fraction of sp³-hybridized carbons (Fsp3) is 0.330. The lowest BCUT2D eigenvalue weighted by atomic mass is 9.90. The minimum atomic E-state index is -4.39. The molecule has 140 heavy (non-hydrogen) atoms. The predicted molar refractivity (Wildman–Crippen MR) is 525 cm³/mol. The number of aromatic hydroxyl groups is 1. The van der Waals surface area contributed by atoms with Crippen LogP contribution in [0.15, 0.2) is 182 Å². The van der Waals surface area contributed by atoms with Crippen LogP contribution in [-0.4, -0.2) is 129 Å². The van der Waals surface area contributed by atoms with Crippen molar-refractivity contribution in [3.05, 3.63) is 319 Å². The van der Waals surface area contributed by atoms with E-state index in [1.807, 2.05) is 139 Å². The van der Waals surface area contributed by atoms with E-state index in [1.54, 1.807) is 104 Å². The summed E-state index contributed by atoms with van der Waals surface area (Å²) in [4.78, 5) is 0. The first-order valence-corrected chi connectivity index (χ1v) is 46.6. The Morgan fingerprint density at radius 2 is 0.679 bits per heavy atom. The van der Waals surface area contributed by atoms with E-state index in [-0.39, 0.29) is 85.4 Å². The lowest BCUT2D eigenvalue weighted by Gasteiger charge is -2.14. The van der Waals surface area contributed by atoms with Gasteiger partial charge in [0.05, 0.1) is 121 Å². The first kappa shape index (κ1) is 112. The van der Waals surface area contributed by atoms with Crippen LogP contribution in [0.4, 0.5) is 52.7 Å². The van der Waals surface area contributed by atoms with Crippen LogP contribution in [-0.2, 0) is 19.5 Å². The third kappa shape index (κ3) is 29.8. The smallest absolute Gasteiger partial charge is 0.474 e. The van der Waals surface area contributed by atoms with Crippen molar-refractivity contribution in [3.63, 3.8) is 0 Å². The lowest BCUT2D eigenvalue weighted by Crippen LogP contribution is -2.12. The molecule has 0 saturated carbocycles. The van der Waals surface area contributed by atoms with Crippen molar-refractivity contribution in [2.75, 3.05) is 0 Å². The quantitative estimate of drug-likeness (QED) is 0.0424. The fourth-order valence-corrected chi connectivity index (χ4v) is 15.5. The number of aryl methyl sites for hydroxylation is 2. The van der Waals surface area contributed by atoms with Crippen molar-refractivity contribution in [2.45, 2.75) is 210 Å². The maximum atomic E-state index is 14.0. The number of benzene rings is 8. The highest BCUT2D eigenvalue weighted by Crippen LogP contribution is 2.39. The van der Waals surface area contributed by atoms with Crippen LogP contribution in [0.25, 0.3) is 39.8 Å². The Labute approximate surface area is 841 Å². The highest BCUT2D eigenvalue weighted by atomic mass is 35.5. The van der Waals surface area contributed by atoms with Crippen LogP contribution in [0.5, 0.6) is 5.88 Å². The summed E-state index contributed by atoms with van der Waals surface area (Å²) in [7, 11) is 0. The van der Waals surface area contributed by atoms with Gasteiger partial charge in [-0.3, -0.25) is 0 Å². The molecule has 1 aliphatic rings. The summed E-state index contributed by atoms with van der Waals surface area (Å²) in [5.41, 5.74) is 13.5. The number of halogens is 20. The highest BCUT2D eigenvalue weighted by Gasteiger charge is 2.34. The molecule has 1 atom stereocenters. The van der Waals surface area contributed by atoms with Crippen LogP contribution >= 0.6 is 92.8 Å². The third-order valence-corrected chi connectivity index (χ3v) is 22.9. The molecule has 43 heteroatoms. The molecule has 16 rings (SSSR count). The average molecular weight is 2100 g/mol. The number of alkyl halides is 9. The predicted octanol–water partition coefficient (Wildman–Crippen LogP) is 29.4. The number of hydrogen-bond donors (Lipinski definition) is 1. The molecule has 8 heterocycles. The number of hydrogen-bond acceptors (Lipinski definition) is 15. The van der Waals surface area contributed by atoms with Crippen molar-refractivity contribution in [1.29, 1.82) is 0 Å². The summed E-state index contributed by atoms with van der Waals surface area (Å²) >= 11 is 47.1. The second-order valence-electron chi connectivity index (χ2n) is 34.1. The molecule has 15 aromatic rings. The summed E-state index contributed by atoms with van der Waals surface area (Å²) in [6.45, 7) is 31.4. The van der Waals surface area contributed by atoms with Gasteiger partial charge in [0.2, 0.25) is 0 Å². The lowest BCUT2D eigenvalue weighted by molar-refractivity contribution is -0.622. The molecular formula is C97H101Cl8F12N22O+. The van der Waals surface area contributed by atoms with Gasteiger partial charge in [-0.15, -0.1) is 34.3 Å². The van der Waals surface area contributed by atoms with Gasteiger partial charge in [-0.2, -0.15) is 18.3 Å². The molecule has 1 unspecified atom stereocenters. The summed E-state index contributed by atoms with van der Waals surface area (Å²) in [6, 6.07) is 36.7. The zero-order valence-corrected chi connectivity index (χ0v) is 85.1. The topological polar surface area (TPSA) is 238 Å². The van der Waals surface area contributed by atoms with E-state index in [1.165, 1.54) is 63.3 Å². The highest BCUT2D eigenvalue weighted by molar-refractivity contribution is 6.33. The maximum Gasteiger partial charge on any atom is 0.474 e. The fourth-order valence-electron chi connectivity index (χ4n) is 14.1. The molecule has 0 bridgehead atoms. The van der Waals surface area contributed by atoms with Crippen molar-refractivity contribution in [1.82, 2.24) is 99.7 Å². The van der Waals surface area contributed by atoms with Gasteiger partial charge in [0, 0.05) is 48.0 Å². The molecule has 0 saturated heterocycles. The molecule has 7 aromatic heterocycles. The zero-order valence-electron chi connectivity index (χ0n) is 79.0. The summed E-state index contributed by atoms with van der Waals surface area (Å²) < 4.78 is 166. The minimum Gasteiger partial charge on any atom is -0.491 e. The Kier molecular flexibility index (Phi) is 40.6. The maximum absolute atomic E-state index is 14.0. The van der Waals surface area contributed by atoms with Gasteiger partial charge in [0.25, 0.3) is 12.3 Å². The van der Waals surface area contributed by atoms with E-state index in [2.05, 4.69) is 99.8 Å². The Bertz CT molecular complexity index is 6620. The van der Waals surface area contributed by atoms with Crippen molar-refractivity contribution >= 4 is 105 Å². The van der Waals surface area contributed by atoms with Crippen LogP contribution < -0.4 is 0 Å². The van der Waals surface area contributed by atoms with E-state index >= 15 is 0 Å². The van der Waals surface area contributed by atoms with E-state index in [9.17, 15) is 57.8 Å². The van der Waals surface area contributed by atoms with Crippen molar-refractivity contribution in [2.24, 2.45) is 5.10 Å². The molecule has 23 nitrogen and oxygen atoms in total. The summed E-state index contributed by atoms with van der Waals surface area (Å²) in [5.74, 6) is -0.328. The second-order valence-corrected chi connectivity index (χ2v) is 37.5. The van der Waals surface area contributed by atoms with Crippen LogP contribution in [0.3, 0.4) is 0 Å². The molecule has 744 valence electrons. The SMILES string of the molecule is CC(C)c1c(-n2cc(CF)nn2)ccc(Cl)c1F.CC(C)c1cc(Cl)ccc1-n1cc(C(F)(F)F)cn1.CC(C)c1cc(Cl)ccc1-n1cc(C(F)F)nn1.CC(C)c1cc(Cl)ccc1-n1cc(CF)nn1.CC(C)c1cc(Cl)ccc1-n1cc(O)nn1.CC(C)c1cc(Cl)ccc1C1C=N[N+](C(F)F)=C1.Cc1cn(-c2ccc(Cl)c(F)c2C(C)C)nn1.Cc1cn(-c2ccc(Cl)c(F)c2C(C)C)nn1.